The Bertz CT molecular complexity index is 572. The molecule has 1 amide bonds. The maximum Gasteiger partial charge on any atom is 0.422 e. The number of nitrogens with two attached hydrogens (primary N) is 1. The van der Waals surface area contributed by atoms with Gasteiger partial charge in [0.2, 0.25) is 0 Å². The second-order valence-electron chi connectivity index (χ2n) is 4.28. The topological polar surface area (TPSA) is 102 Å². The average molecular weight is 301 g/mol. The molecule has 0 aliphatic rings. The van der Waals surface area contributed by atoms with Gasteiger partial charge in [-0.15, -0.1) is 0 Å². The summed E-state index contributed by atoms with van der Waals surface area (Å²) in [5.74, 6) is 0. The standard InChI is InChI=1S/C12H19N3O4S/c1-4-15(11-8-6-5-7-10(11)13)20(17,18)14-12(16)19-9(2)3/h5-9H,4,13H2,1-3H3,(H,14,16). The lowest BCUT2D eigenvalue weighted by molar-refractivity contribution is 0.121. The fraction of sp³-hybridized carbons (Fsp3) is 0.417. The van der Waals surface area contributed by atoms with E-state index in [0.29, 0.717) is 11.4 Å². The van der Waals surface area contributed by atoms with E-state index in [4.69, 9.17) is 10.5 Å². The molecule has 1 aromatic rings. The van der Waals surface area contributed by atoms with Crippen LogP contribution in [0.5, 0.6) is 0 Å². The molecule has 0 spiro atoms. The van der Waals surface area contributed by atoms with Crippen molar-refractivity contribution in [3.63, 3.8) is 0 Å². The molecular formula is C12H19N3O4S. The van der Waals surface area contributed by atoms with Crippen LogP contribution >= 0.6 is 0 Å². The SMILES string of the molecule is CCN(c1ccccc1N)S(=O)(=O)NC(=O)OC(C)C. The molecule has 7 nitrogen and oxygen atoms in total. The minimum atomic E-state index is -4.06. The lowest BCUT2D eigenvalue weighted by Gasteiger charge is -2.24. The van der Waals surface area contributed by atoms with Gasteiger partial charge in [-0.1, -0.05) is 12.1 Å². The Labute approximate surface area is 118 Å². The first-order valence-corrected chi connectivity index (χ1v) is 7.57. The van der Waals surface area contributed by atoms with Crippen LogP contribution in [0, 0.1) is 0 Å². The molecule has 0 fully saturated rings. The Hall–Kier alpha value is -1.96. The van der Waals surface area contributed by atoms with E-state index in [2.05, 4.69) is 0 Å². The van der Waals surface area contributed by atoms with Crippen LogP contribution < -0.4 is 14.8 Å². The number of hydrogen-bond acceptors (Lipinski definition) is 5. The number of hydrogen-bond donors (Lipinski definition) is 2. The number of nitrogen functional groups attached to an aromatic ring is 1. The van der Waals surface area contributed by atoms with E-state index in [1.165, 1.54) is 0 Å². The average Bonchev–Trinajstić information content (AvgIpc) is 2.30. The van der Waals surface area contributed by atoms with Crippen LogP contribution in [0.1, 0.15) is 20.8 Å². The monoisotopic (exact) mass is 301 g/mol. The Morgan fingerprint density at radius 3 is 2.50 bits per heavy atom. The third-order valence-electron chi connectivity index (χ3n) is 2.34. The maximum atomic E-state index is 12.2. The molecule has 0 heterocycles. The quantitative estimate of drug-likeness (QED) is 0.802. The number of benzene rings is 1. The van der Waals surface area contributed by atoms with Gasteiger partial charge in [0.05, 0.1) is 17.5 Å². The molecule has 1 rings (SSSR count). The fourth-order valence-corrected chi connectivity index (χ4v) is 2.72. The molecule has 0 saturated heterocycles. The number of amides is 1. The molecule has 112 valence electrons. The second kappa shape index (κ2) is 6.47. The van der Waals surface area contributed by atoms with Crippen LogP contribution in [0.15, 0.2) is 24.3 Å². The molecule has 1 aromatic carbocycles. The van der Waals surface area contributed by atoms with E-state index in [-0.39, 0.29) is 6.54 Å². The van der Waals surface area contributed by atoms with Gasteiger partial charge in [0.15, 0.2) is 0 Å². The van der Waals surface area contributed by atoms with Crippen molar-refractivity contribution in [2.75, 3.05) is 16.6 Å². The maximum absolute atomic E-state index is 12.2. The first-order chi connectivity index (χ1) is 9.27. The van der Waals surface area contributed by atoms with Crippen molar-refractivity contribution in [1.82, 2.24) is 4.72 Å². The highest BCUT2D eigenvalue weighted by molar-refractivity contribution is 7.91. The smallest absolute Gasteiger partial charge is 0.422 e. The van der Waals surface area contributed by atoms with Crippen LogP contribution in [0.25, 0.3) is 0 Å². The molecule has 0 aliphatic carbocycles. The molecule has 0 radical (unpaired) electrons. The number of nitrogens with zero attached hydrogens (tertiary/aromatic N) is 1. The van der Waals surface area contributed by atoms with E-state index in [1.807, 2.05) is 4.72 Å². The highest BCUT2D eigenvalue weighted by atomic mass is 32.2. The van der Waals surface area contributed by atoms with Crippen LogP contribution in [0.3, 0.4) is 0 Å². The first kappa shape index (κ1) is 16.1. The molecule has 0 atom stereocenters. The summed E-state index contributed by atoms with van der Waals surface area (Å²) in [4.78, 5) is 11.4. The van der Waals surface area contributed by atoms with Crippen LogP contribution in [-0.2, 0) is 14.9 Å². The summed E-state index contributed by atoms with van der Waals surface area (Å²) in [7, 11) is -4.06. The predicted molar refractivity (Wildman–Crippen MR) is 77.5 cm³/mol. The molecule has 0 unspecified atom stereocenters. The summed E-state index contributed by atoms with van der Waals surface area (Å²) in [6.07, 6.45) is -1.44. The zero-order valence-corrected chi connectivity index (χ0v) is 12.5. The third kappa shape index (κ3) is 4.02. The molecular weight excluding hydrogens is 282 g/mol. The molecule has 0 aliphatic heterocycles. The van der Waals surface area contributed by atoms with Crippen molar-refractivity contribution in [2.45, 2.75) is 26.9 Å². The largest absolute Gasteiger partial charge is 0.446 e. The molecule has 0 bridgehead atoms. The van der Waals surface area contributed by atoms with Crippen molar-refractivity contribution in [2.24, 2.45) is 0 Å². The van der Waals surface area contributed by atoms with E-state index in [0.717, 1.165) is 4.31 Å². The van der Waals surface area contributed by atoms with Crippen molar-refractivity contribution in [3.8, 4) is 0 Å². The van der Waals surface area contributed by atoms with E-state index in [1.54, 1.807) is 45.0 Å². The molecule has 8 heteroatoms. The highest BCUT2D eigenvalue weighted by Gasteiger charge is 2.25. The van der Waals surface area contributed by atoms with Gasteiger partial charge in [0.25, 0.3) is 0 Å². The fourth-order valence-electron chi connectivity index (χ4n) is 1.58. The summed E-state index contributed by atoms with van der Waals surface area (Å²) in [6, 6.07) is 6.50. The minimum absolute atomic E-state index is 0.124. The minimum Gasteiger partial charge on any atom is -0.446 e. The summed E-state index contributed by atoms with van der Waals surface area (Å²) in [6.45, 7) is 5.01. The van der Waals surface area contributed by atoms with Gasteiger partial charge < -0.3 is 10.5 Å². The van der Waals surface area contributed by atoms with Gasteiger partial charge in [-0.3, -0.25) is 4.31 Å². The van der Waals surface area contributed by atoms with Gasteiger partial charge in [0.1, 0.15) is 0 Å². The predicted octanol–water partition coefficient (Wildman–Crippen LogP) is 1.47. The zero-order chi connectivity index (χ0) is 15.3. The zero-order valence-electron chi connectivity index (χ0n) is 11.7. The van der Waals surface area contributed by atoms with Crippen molar-refractivity contribution in [3.05, 3.63) is 24.3 Å². The van der Waals surface area contributed by atoms with Crippen molar-refractivity contribution < 1.29 is 17.9 Å². The van der Waals surface area contributed by atoms with Crippen molar-refractivity contribution in [1.29, 1.82) is 0 Å². The van der Waals surface area contributed by atoms with Gasteiger partial charge in [-0.25, -0.2) is 9.52 Å². The van der Waals surface area contributed by atoms with Crippen LogP contribution in [0.2, 0.25) is 0 Å². The summed E-state index contributed by atoms with van der Waals surface area (Å²) >= 11 is 0. The Morgan fingerprint density at radius 1 is 1.40 bits per heavy atom. The Morgan fingerprint density at radius 2 is 2.00 bits per heavy atom. The number of nitrogens with one attached hydrogen (secondary N) is 1. The first-order valence-electron chi connectivity index (χ1n) is 6.13. The summed E-state index contributed by atoms with van der Waals surface area (Å²) in [5, 5.41) is 0. The number of ether oxygens (including phenoxy) is 1. The normalized spacial score (nSPS) is 11.2. The number of para-hydroxylation sites is 2. The van der Waals surface area contributed by atoms with Crippen LogP contribution in [-0.4, -0.2) is 27.2 Å². The van der Waals surface area contributed by atoms with Crippen molar-refractivity contribution >= 4 is 27.7 Å². The van der Waals surface area contributed by atoms with Crippen LogP contribution in [0.4, 0.5) is 16.2 Å². The number of carbonyl (C=O) groups is 1. The lowest BCUT2D eigenvalue weighted by Crippen LogP contribution is -2.44. The highest BCUT2D eigenvalue weighted by Crippen LogP contribution is 2.24. The third-order valence-corrected chi connectivity index (χ3v) is 3.80. The molecule has 3 N–H and O–H groups in total. The summed E-state index contributed by atoms with van der Waals surface area (Å²) < 4.78 is 31.9. The summed E-state index contributed by atoms with van der Waals surface area (Å²) in [5.41, 5.74) is 6.36. The van der Waals surface area contributed by atoms with Gasteiger partial charge in [-0.05, 0) is 32.9 Å². The molecule has 20 heavy (non-hydrogen) atoms. The van der Waals surface area contributed by atoms with Gasteiger partial charge in [0, 0.05) is 6.54 Å². The number of anilines is 2. The van der Waals surface area contributed by atoms with E-state index >= 15 is 0 Å². The number of carbonyl (C=O) groups excluding carboxylic acids is 1. The van der Waals surface area contributed by atoms with E-state index in [9.17, 15) is 13.2 Å². The Balaban J connectivity index is 3.00. The Kier molecular flexibility index (Phi) is 5.20. The van der Waals surface area contributed by atoms with Gasteiger partial charge in [-0.2, -0.15) is 8.42 Å². The number of rotatable bonds is 5. The second-order valence-corrected chi connectivity index (χ2v) is 5.88. The molecule has 0 saturated carbocycles. The van der Waals surface area contributed by atoms with Gasteiger partial charge >= 0.3 is 16.3 Å². The lowest BCUT2D eigenvalue weighted by atomic mass is 10.3. The molecule has 0 aromatic heterocycles. The van der Waals surface area contributed by atoms with E-state index < -0.39 is 22.4 Å².